The fourth-order valence-electron chi connectivity index (χ4n) is 1.30. The fourth-order valence-corrected chi connectivity index (χ4v) is 3.67. The van der Waals surface area contributed by atoms with Gasteiger partial charge in [-0.15, -0.1) is 5.12 Å². The minimum atomic E-state index is -0.0974. The lowest BCUT2D eigenvalue weighted by Crippen LogP contribution is -2.53. The zero-order chi connectivity index (χ0) is 16.6. The highest BCUT2D eigenvalue weighted by Crippen LogP contribution is 2.19. The second-order valence-electron chi connectivity index (χ2n) is 4.24. The van der Waals surface area contributed by atoms with Crippen LogP contribution in [0.25, 0.3) is 0 Å². The number of nitrogens with zero attached hydrogens (tertiary/aromatic N) is 1. The van der Waals surface area contributed by atoms with Gasteiger partial charge < -0.3 is 5.73 Å². The first-order valence-electron chi connectivity index (χ1n) is 7.07. The molecule has 0 heterocycles. The summed E-state index contributed by atoms with van der Waals surface area (Å²) in [5, 5.41) is 3.05. The Morgan fingerprint density at radius 1 is 0.955 bits per heavy atom. The van der Waals surface area contributed by atoms with Crippen molar-refractivity contribution in [3.05, 3.63) is 0 Å². The molecular formula is C12H24Br2N4O2S2. The molecule has 4 N–H and O–H groups in total. The molecule has 0 bridgehead atoms. The highest BCUT2D eigenvalue weighted by Gasteiger charge is 2.12. The number of carbonyl (C=O) groups is 2. The highest BCUT2D eigenvalue weighted by atomic mass is 79.9. The number of alkyl halides is 2. The number of carbonyl (C=O) groups excluding carboxylic acids is 2. The van der Waals surface area contributed by atoms with E-state index in [1.165, 1.54) is 5.12 Å². The van der Waals surface area contributed by atoms with Gasteiger partial charge >= 0.3 is 0 Å². The van der Waals surface area contributed by atoms with Crippen molar-refractivity contribution in [2.45, 2.75) is 25.7 Å². The van der Waals surface area contributed by atoms with Crippen LogP contribution in [0.1, 0.15) is 25.7 Å². The van der Waals surface area contributed by atoms with Gasteiger partial charge in [-0.25, -0.2) is 0 Å². The molecule has 0 unspecified atom stereocenters. The molecular weight excluding hydrogens is 456 g/mol. The van der Waals surface area contributed by atoms with Gasteiger partial charge in [0, 0.05) is 48.1 Å². The van der Waals surface area contributed by atoms with Crippen LogP contribution in [0.3, 0.4) is 0 Å². The third kappa shape index (κ3) is 14.1. The van der Waals surface area contributed by atoms with Crippen LogP contribution in [0.15, 0.2) is 0 Å². The van der Waals surface area contributed by atoms with Crippen LogP contribution in [0.5, 0.6) is 0 Å². The van der Waals surface area contributed by atoms with Gasteiger partial charge in [-0.1, -0.05) is 53.4 Å². The standard InChI is InChI=1S/C12H24Br2N4O2S2/c13-5-1-3-11(19)16-18(8-10-22-21-9-7-15)17-12(20)4-2-6-14/h1-10,15H2,(H,16,19)(H,17,20). The van der Waals surface area contributed by atoms with Crippen molar-refractivity contribution in [2.24, 2.45) is 5.73 Å². The van der Waals surface area contributed by atoms with Gasteiger partial charge in [-0.2, -0.15) is 0 Å². The molecule has 0 radical (unpaired) electrons. The molecule has 10 heteroatoms. The number of halogens is 2. The van der Waals surface area contributed by atoms with Crippen LogP contribution >= 0.6 is 53.4 Å². The Morgan fingerprint density at radius 3 is 1.91 bits per heavy atom. The lowest BCUT2D eigenvalue weighted by molar-refractivity contribution is -0.133. The lowest BCUT2D eigenvalue weighted by atomic mass is 10.3. The third-order valence-corrected chi connectivity index (χ3v) is 5.82. The Morgan fingerprint density at radius 2 is 1.45 bits per heavy atom. The van der Waals surface area contributed by atoms with Crippen LogP contribution in [0.4, 0.5) is 0 Å². The molecule has 2 amide bonds. The SMILES string of the molecule is NCCSSCCN(NC(=O)CCCBr)NC(=O)CCCBr. The first-order chi connectivity index (χ1) is 10.6. The van der Waals surface area contributed by atoms with E-state index in [2.05, 4.69) is 42.7 Å². The summed E-state index contributed by atoms with van der Waals surface area (Å²) < 4.78 is 0. The van der Waals surface area contributed by atoms with Crippen LogP contribution < -0.4 is 16.6 Å². The van der Waals surface area contributed by atoms with E-state index in [0.29, 0.717) is 25.9 Å². The van der Waals surface area contributed by atoms with E-state index >= 15 is 0 Å². The van der Waals surface area contributed by atoms with E-state index < -0.39 is 0 Å². The molecule has 0 fully saturated rings. The van der Waals surface area contributed by atoms with Crippen molar-refractivity contribution < 1.29 is 9.59 Å². The van der Waals surface area contributed by atoms with Crippen molar-refractivity contribution in [3.63, 3.8) is 0 Å². The van der Waals surface area contributed by atoms with Gasteiger partial charge in [0.2, 0.25) is 11.8 Å². The van der Waals surface area contributed by atoms with E-state index in [-0.39, 0.29) is 11.8 Å². The van der Waals surface area contributed by atoms with Crippen LogP contribution in [0, 0.1) is 0 Å². The molecule has 0 aliphatic rings. The van der Waals surface area contributed by atoms with Crippen molar-refractivity contribution in [1.29, 1.82) is 0 Å². The van der Waals surface area contributed by atoms with Crippen molar-refractivity contribution in [1.82, 2.24) is 16.0 Å². The van der Waals surface area contributed by atoms with Gasteiger partial charge in [-0.3, -0.25) is 20.4 Å². The third-order valence-electron chi connectivity index (χ3n) is 2.28. The van der Waals surface area contributed by atoms with E-state index in [4.69, 9.17) is 5.73 Å². The van der Waals surface area contributed by atoms with Crippen LogP contribution in [0.2, 0.25) is 0 Å². The van der Waals surface area contributed by atoms with Gasteiger partial charge in [0.05, 0.1) is 0 Å². The van der Waals surface area contributed by atoms with Crippen molar-refractivity contribution in [3.8, 4) is 0 Å². The molecule has 0 spiro atoms. The van der Waals surface area contributed by atoms with Gasteiger partial charge in [0.15, 0.2) is 0 Å². The Bertz CT molecular complexity index is 293. The maximum atomic E-state index is 11.8. The Balaban J connectivity index is 4.17. The fraction of sp³-hybridized carbons (Fsp3) is 0.833. The first-order valence-corrected chi connectivity index (χ1v) is 11.8. The molecule has 0 atom stereocenters. The molecule has 0 aliphatic heterocycles. The minimum Gasteiger partial charge on any atom is -0.330 e. The second kappa shape index (κ2) is 16.4. The van der Waals surface area contributed by atoms with Gasteiger partial charge in [0.1, 0.15) is 0 Å². The van der Waals surface area contributed by atoms with Crippen LogP contribution in [-0.4, -0.2) is 52.2 Å². The number of hydrazine groups is 2. The molecule has 0 aromatic heterocycles. The number of amides is 2. The minimum absolute atomic E-state index is 0.0974. The Labute approximate surface area is 157 Å². The molecule has 0 saturated heterocycles. The number of nitrogens with two attached hydrogens (primary N) is 1. The molecule has 0 aromatic carbocycles. The highest BCUT2D eigenvalue weighted by molar-refractivity contribution is 9.09. The Kier molecular flexibility index (Phi) is 16.8. The molecule has 0 rings (SSSR count). The largest absolute Gasteiger partial charge is 0.330 e. The molecule has 0 saturated carbocycles. The summed E-state index contributed by atoms with van der Waals surface area (Å²) in [6.07, 6.45) is 2.37. The van der Waals surface area contributed by atoms with E-state index in [1.807, 2.05) is 0 Å². The lowest BCUT2D eigenvalue weighted by Gasteiger charge is -2.23. The first kappa shape index (κ1) is 22.5. The summed E-state index contributed by atoms with van der Waals surface area (Å²) in [5.74, 6) is 1.47. The molecule has 22 heavy (non-hydrogen) atoms. The van der Waals surface area contributed by atoms with E-state index in [0.717, 1.165) is 35.0 Å². The molecule has 0 aliphatic carbocycles. The predicted molar refractivity (Wildman–Crippen MR) is 103 cm³/mol. The number of nitrogens with one attached hydrogen (secondary N) is 2. The van der Waals surface area contributed by atoms with Gasteiger partial charge in [0.25, 0.3) is 0 Å². The molecule has 6 nitrogen and oxygen atoms in total. The average molecular weight is 480 g/mol. The maximum absolute atomic E-state index is 11.8. The van der Waals surface area contributed by atoms with Crippen LogP contribution in [-0.2, 0) is 9.59 Å². The summed E-state index contributed by atoms with van der Waals surface area (Å²) in [6.45, 7) is 1.19. The van der Waals surface area contributed by atoms with E-state index in [1.54, 1.807) is 21.6 Å². The average Bonchev–Trinajstić information content (AvgIpc) is 2.50. The zero-order valence-corrected chi connectivity index (χ0v) is 17.3. The van der Waals surface area contributed by atoms with Crippen molar-refractivity contribution in [2.75, 3.05) is 35.3 Å². The predicted octanol–water partition coefficient (Wildman–Crippen LogP) is 2.04. The summed E-state index contributed by atoms with van der Waals surface area (Å²) in [6, 6.07) is 0. The summed E-state index contributed by atoms with van der Waals surface area (Å²) >= 11 is 6.59. The number of rotatable bonds is 14. The number of hydrogen-bond acceptors (Lipinski definition) is 6. The number of hydrogen-bond donors (Lipinski definition) is 3. The molecule has 130 valence electrons. The quantitative estimate of drug-likeness (QED) is 0.153. The Hall–Kier alpha value is 0.520. The monoisotopic (exact) mass is 478 g/mol. The normalized spacial score (nSPS) is 10.7. The second-order valence-corrected chi connectivity index (χ2v) is 8.53. The summed E-state index contributed by atoms with van der Waals surface area (Å²) in [4.78, 5) is 23.6. The summed E-state index contributed by atoms with van der Waals surface area (Å²) in [5.41, 5.74) is 10.9. The summed E-state index contributed by atoms with van der Waals surface area (Å²) in [7, 11) is 3.36. The topological polar surface area (TPSA) is 87.5 Å². The van der Waals surface area contributed by atoms with Crippen molar-refractivity contribution >= 4 is 65.3 Å². The maximum Gasteiger partial charge on any atom is 0.235 e. The molecule has 0 aromatic rings. The zero-order valence-electron chi connectivity index (χ0n) is 12.5. The van der Waals surface area contributed by atoms with E-state index in [9.17, 15) is 9.59 Å². The smallest absolute Gasteiger partial charge is 0.235 e. The van der Waals surface area contributed by atoms with Gasteiger partial charge in [-0.05, 0) is 12.8 Å².